The number of hydrogen-bond donors (Lipinski definition) is 1. The zero-order valence-electron chi connectivity index (χ0n) is 11.6. The van der Waals surface area contributed by atoms with Crippen LogP contribution in [0.4, 0.5) is 0 Å². The van der Waals surface area contributed by atoms with Crippen molar-refractivity contribution >= 4 is 29.3 Å². The lowest BCUT2D eigenvalue weighted by Gasteiger charge is -2.23. The summed E-state index contributed by atoms with van der Waals surface area (Å²) in [6, 6.07) is 6.62. The maximum atomic E-state index is 10.8. The third kappa shape index (κ3) is 3.39. The second-order valence-electron chi connectivity index (χ2n) is 4.98. The molecule has 116 valence electrons. The second-order valence-corrected chi connectivity index (χ2v) is 6.54. The number of carboxylic acid groups (broad SMARTS) is 1. The monoisotopic (exact) mass is 339 g/mol. The van der Waals surface area contributed by atoms with Gasteiger partial charge in [-0.25, -0.2) is 4.79 Å². The number of benzene rings is 1. The lowest BCUT2D eigenvalue weighted by Crippen LogP contribution is -2.23. The number of carbonyl (C=O) groups is 1. The van der Waals surface area contributed by atoms with Crippen LogP contribution in [0.3, 0.4) is 0 Å². The Balaban J connectivity index is 1.77. The fourth-order valence-electron chi connectivity index (χ4n) is 2.25. The predicted octanol–water partition coefficient (Wildman–Crippen LogP) is 3.97. The first kappa shape index (κ1) is 15.2. The van der Waals surface area contributed by atoms with Crippen LogP contribution in [0.15, 0.2) is 28.8 Å². The van der Waals surface area contributed by atoms with Crippen LogP contribution in [-0.2, 0) is 0 Å². The standard InChI is InChI=1S/C15H14ClNO4S/c16-11-6-9(14-7-12(15(18)19)17-21-14)3-4-13(11)20-10-2-1-5-22-8-10/h3-4,6-7,10H,1-2,5,8H2,(H,18,19). The Morgan fingerprint density at radius 2 is 2.32 bits per heavy atom. The molecule has 5 nitrogen and oxygen atoms in total. The summed E-state index contributed by atoms with van der Waals surface area (Å²) in [5, 5.41) is 12.8. The maximum absolute atomic E-state index is 10.8. The van der Waals surface area contributed by atoms with Gasteiger partial charge in [0.05, 0.1) is 5.02 Å². The molecule has 2 heterocycles. The third-order valence-corrected chi connectivity index (χ3v) is 4.84. The van der Waals surface area contributed by atoms with E-state index >= 15 is 0 Å². The van der Waals surface area contributed by atoms with Gasteiger partial charge in [0.1, 0.15) is 11.9 Å². The number of halogens is 1. The molecule has 1 unspecified atom stereocenters. The Labute approximate surface area is 136 Å². The van der Waals surface area contributed by atoms with Crippen LogP contribution >= 0.6 is 23.4 Å². The smallest absolute Gasteiger partial charge is 0.358 e. The van der Waals surface area contributed by atoms with Crippen molar-refractivity contribution in [1.29, 1.82) is 0 Å². The van der Waals surface area contributed by atoms with Crippen LogP contribution in [0.1, 0.15) is 23.3 Å². The van der Waals surface area contributed by atoms with Gasteiger partial charge < -0.3 is 14.4 Å². The van der Waals surface area contributed by atoms with Gasteiger partial charge in [-0.3, -0.25) is 0 Å². The highest BCUT2D eigenvalue weighted by Gasteiger charge is 2.18. The number of carboxylic acids is 1. The van der Waals surface area contributed by atoms with Crippen molar-refractivity contribution in [2.45, 2.75) is 18.9 Å². The zero-order valence-corrected chi connectivity index (χ0v) is 13.2. The average Bonchev–Trinajstić information content (AvgIpc) is 3.00. The van der Waals surface area contributed by atoms with Crippen LogP contribution in [-0.4, -0.2) is 33.8 Å². The van der Waals surface area contributed by atoms with Crippen molar-refractivity contribution in [3.05, 3.63) is 35.0 Å². The van der Waals surface area contributed by atoms with Crippen LogP contribution in [0.5, 0.6) is 5.75 Å². The summed E-state index contributed by atoms with van der Waals surface area (Å²) in [6.45, 7) is 0. The Morgan fingerprint density at radius 1 is 1.45 bits per heavy atom. The molecule has 1 aliphatic heterocycles. The Bertz CT molecular complexity index is 682. The summed E-state index contributed by atoms with van der Waals surface area (Å²) in [4.78, 5) is 10.8. The fraction of sp³-hybridized carbons (Fsp3) is 0.333. The van der Waals surface area contributed by atoms with E-state index in [-0.39, 0.29) is 11.8 Å². The normalized spacial score (nSPS) is 18.1. The largest absolute Gasteiger partial charge is 0.488 e. The molecule has 1 aromatic carbocycles. The lowest BCUT2D eigenvalue weighted by atomic mass is 10.1. The maximum Gasteiger partial charge on any atom is 0.358 e. The molecule has 1 fully saturated rings. The molecule has 1 saturated heterocycles. The van der Waals surface area contributed by atoms with Crippen LogP contribution in [0, 0.1) is 0 Å². The van der Waals surface area contributed by atoms with E-state index in [0.29, 0.717) is 22.1 Å². The summed E-state index contributed by atoms with van der Waals surface area (Å²) in [7, 11) is 0. The molecule has 1 atom stereocenters. The molecular weight excluding hydrogens is 326 g/mol. The molecule has 0 amide bonds. The molecule has 2 aromatic rings. The lowest BCUT2D eigenvalue weighted by molar-refractivity contribution is 0.0686. The minimum Gasteiger partial charge on any atom is -0.488 e. The van der Waals surface area contributed by atoms with Gasteiger partial charge in [0.15, 0.2) is 11.5 Å². The number of thioether (sulfide) groups is 1. The third-order valence-electron chi connectivity index (χ3n) is 3.36. The molecule has 22 heavy (non-hydrogen) atoms. The number of nitrogens with zero attached hydrogens (tertiary/aromatic N) is 1. The molecule has 1 N–H and O–H groups in total. The van der Waals surface area contributed by atoms with E-state index in [2.05, 4.69) is 5.16 Å². The molecule has 7 heteroatoms. The van der Waals surface area contributed by atoms with Crippen LogP contribution in [0.25, 0.3) is 11.3 Å². The average molecular weight is 340 g/mol. The first-order chi connectivity index (χ1) is 10.6. The van der Waals surface area contributed by atoms with Crippen molar-refractivity contribution in [3.63, 3.8) is 0 Å². The first-order valence-corrected chi connectivity index (χ1v) is 8.41. The summed E-state index contributed by atoms with van der Waals surface area (Å²) in [6.07, 6.45) is 2.38. The number of hydrogen-bond acceptors (Lipinski definition) is 5. The molecular formula is C15H14ClNO4S. The van der Waals surface area contributed by atoms with E-state index in [0.717, 1.165) is 18.6 Å². The summed E-state index contributed by atoms with van der Waals surface area (Å²) in [5.41, 5.74) is 0.529. The van der Waals surface area contributed by atoms with E-state index in [4.69, 9.17) is 26.0 Å². The molecule has 1 aromatic heterocycles. The quantitative estimate of drug-likeness (QED) is 0.908. The first-order valence-electron chi connectivity index (χ1n) is 6.88. The van der Waals surface area contributed by atoms with Crippen molar-refractivity contribution in [2.75, 3.05) is 11.5 Å². The van der Waals surface area contributed by atoms with Gasteiger partial charge >= 0.3 is 5.97 Å². The van der Waals surface area contributed by atoms with Crippen molar-refractivity contribution in [2.24, 2.45) is 0 Å². The van der Waals surface area contributed by atoms with Gasteiger partial charge in [-0.15, -0.1) is 0 Å². The highest BCUT2D eigenvalue weighted by molar-refractivity contribution is 7.99. The van der Waals surface area contributed by atoms with Gasteiger partial charge in [-0.05, 0) is 36.8 Å². The summed E-state index contributed by atoms with van der Waals surface area (Å²) >= 11 is 8.14. The molecule has 0 radical (unpaired) electrons. The number of aromatic carboxylic acids is 1. The van der Waals surface area contributed by atoms with E-state index in [1.165, 1.54) is 11.8 Å². The summed E-state index contributed by atoms with van der Waals surface area (Å²) in [5.74, 6) is 2.03. The highest BCUT2D eigenvalue weighted by atomic mass is 35.5. The number of aromatic nitrogens is 1. The number of rotatable bonds is 4. The van der Waals surface area contributed by atoms with Crippen molar-refractivity contribution < 1.29 is 19.2 Å². The van der Waals surface area contributed by atoms with E-state index < -0.39 is 5.97 Å². The topological polar surface area (TPSA) is 72.6 Å². The van der Waals surface area contributed by atoms with Crippen molar-refractivity contribution in [1.82, 2.24) is 5.16 Å². The Hall–Kier alpha value is -1.66. The molecule has 0 aliphatic carbocycles. The minimum atomic E-state index is -1.13. The fourth-order valence-corrected chi connectivity index (χ4v) is 3.51. The van der Waals surface area contributed by atoms with Gasteiger partial charge in [0.25, 0.3) is 0 Å². The van der Waals surface area contributed by atoms with E-state index in [1.807, 2.05) is 11.8 Å². The number of ether oxygens (including phenoxy) is 1. The Kier molecular flexibility index (Phi) is 4.59. The van der Waals surface area contributed by atoms with Crippen molar-refractivity contribution in [3.8, 4) is 17.1 Å². The minimum absolute atomic E-state index is 0.134. The molecule has 3 rings (SSSR count). The molecule has 1 aliphatic rings. The van der Waals surface area contributed by atoms with Gasteiger partial charge in [-0.2, -0.15) is 11.8 Å². The van der Waals surface area contributed by atoms with Gasteiger partial charge in [-0.1, -0.05) is 16.8 Å². The van der Waals surface area contributed by atoms with E-state index in [9.17, 15) is 4.79 Å². The predicted molar refractivity (Wildman–Crippen MR) is 84.9 cm³/mol. The molecule has 0 saturated carbocycles. The van der Waals surface area contributed by atoms with Crippen LogP contribution in [0.2, 0.25) is 5.02 Å². The van der Waals surface area contributed by atoms with Gasteiger partial charge in [0.2, 0.25) is 0 Å². The zero-order chi connectivity index (χ0) is 15.5. The molecule has 0 spiro atoms. The summed E-state index contributed by atoms with van der Waals surface area (Å²) < 4.78 is 11.0. The highest BCUT2D eigenvalue weighted by Crippen LogP contribution is 2.33. The van der Waals surface area contributed by atoms with Crippen LogP contribution < -0.4 is 4.74 Å². The SMILES string of the molecule is O=C(O)c1cc(-c2ccc(OC3CCCSC3)c(Cl)c2)on1. The molecule has 0 bridgehead atoms. The van der Waals surface area contributed by atoms with E-state index in [1.54, 1.807) is 18.2 Å². The second kappa shape index (κ2) is 6.62. The Morgan fingerprint density at radius 3 is 2.95 bits per heavy atom. The van der Waals surface area contributed by atoms with Gasteiger partial charge in [0, 0.05) is 17.4 Å².